The Morgan fingerprint density at radius 2 is 2.07 bits per heavy atom. The lowest BCUT2D eigenvalue weighted by molar-refractivity contribution is 0.632. The molecule has 1 aromatic carbocycles. The lowest BCUT2D eigenvalue weighted by Gasteiger charge is -2.03. The average molecular weight is 263 g/mol. The molecule has 78 valence electrons. The van der Waals surface area contributed by atoms with E-state index in [0.29, 0.717) is 10.0 Å². The van der Waals surface area contributed by atoms with Gasteiger partial charge in [0.2, 0.25) is 0 Å². The molecule has 1 heterocycles. The number of aromatic nitrogens is 1. The van der Waals surface area contributed by atoms with Gasteiger partial charge in [0.05, 0.1) is 9.90 Å². The zero-order valence-electron chi connectivity index (χ0n) is 7.30. The molecule has 0 bridgehead atoms. The molecule has 6 heteroatoms. The maximum atomic E-state index is 13.6. The molecule has 2 N–H and O–H groups in total. The van der Waals surface area contributed by atoms with Crippen molar-refractivity contribution in [2.24, 2.45) is 0 Å². The minimum Gasteiger partial charge on any atom is -0.375 e. The minimum atomic E-state index is -0.476. The minimum absolute atomic E-state index is 0.253. The van der Waals surface area contributed by atoms with E-state index in [0.717, 1.165) is 0 Å². The van der Waals surface area contributed by atoms with Gasteiger partial charge >= 0.3 is 0 Å². The van der Waals surface area contributed by atoms with Crippen LogP contribution in [-0.2, 0) is 0 Å². The van der Waals surface area contributed by atoms with Crippen molar-refractivity contribution < 1.29 is 4.39 Å². The van der Waals surface area contributed by atoms with Crippen LogP contribution in [0.25, 0.3) is 10.4 Å². The van der Waals surface area contributed by atoms with Crippen molar-refractivity contribution in [2.45, 2.75) is 0 Å². The zero-order chi connectivity index (χ0) is 11.0. The number of nitrogens with two attached hydrogens (primary N) is 1. The Labute approximate surface area is 99.5 Å². The topological polar surface area (TPSA) is 38.9 Å². The van der Waals surface area contributed by atoms with E-state index < -0.39 is 5.82 Å². The molecule has 0 saturated carbocycles. The van der Waals surface area contributed by atoms with Gasteiger partial charge in [-0.1, -0.05) is 34.5 Å². The molecular weight excluding hydrogens is 258 g/mol. The summed E-state index contributed by atoms with van der Waals surface area (Å²) < 4.78 is 13.6. The van der Waals surface area contributed by atoms with E-state index in [1.165, 1.54) is 29.7 Å². The first-order chi connectivity index (χ1) is 7.08. The van der Waals surface area contributed by atoms with Crippen LogP contribution in [-0.4, -0.2) is 4.98 Å². The predicted molar refractivity (Wildman–Crippen MR) is 61.9 cm³/mol. The number of nitrogen functional groups attached to an aromatic ring is 1. The van der Waals surface area contributed by atoms with E-state index in [1.54, 1.807) is 0 Å². The van der Waals surface area contributed by atoms with Gasteiger partial charge in [-0.15, -0.1) is 0 Å². The third kappa shape index (κ3) is 2.07. The third-order valence-electron chi connectivity index (χ3n) is 1.78. The average Bonchev–Trinajstić information content (AvgIpc) is 2.49. The number of rotatable bonds is 1. The summed E-state index contributed by atoms with van der Waals surface area (Å²) in [6, 6.07) is 2.69. The zero-order valence-corrected chi connectivity index (χ0v) is 9.63. The second kappa shape index (κ2) is 3.96. The molecule has 0 fully saturated rings. The molecule has 0 unspecified atom stereocenters. The van der Waals surface area contributed by atoms with Crippen LogP contribution in [0, 0.1) is 5.82 Å². The van der Waals surface area contributed by atoms with Crippen molar-refractivity contribution in [3.8, 4) is 10.4 Å². The highest BCUT2D eigenvalue weighted by Gasteiger charge is 2.13. The van der Waals surface area contributed by atoms with Crippen LogP contribution in [0.3, 0.4) is 0 Å². The standard InChI is InChI=1S/C9H5Cl2FN2S/c10-4-1-5(11)8(6(12)2-4)7-3-14-9(13)15-7/h1-3H,(H2,13,14). The van der Waals surface area contributed by atoms with E-state index in [1.807, 2.05) is 0 Å². The fourth-order valence-electron chi connectivity index (χ4n) is 1.18. The Morgan fingerprint density at radius 1 is 1.33 bits per heavy atom. The molecular formula is C9H5Cl2FN2S. The van der Waals surface area contributed by atoms with Crippen LogP contribution < -0.4 is 5.73 Å². The van der Waals surface area contributed by atoms with Crippen LogP contribution in [0.1, 0.15) is 0 Å². The summed E-state index contributed by atoms with van der Waals surface area (Å²) in [7, 11) is 0. The predicted octanol–water partition coefficient (Wildman–Crippen LogP) is 3.84. The van der Waals surface area contributed by atoms with Gasteiger partial charge in [0.15, 0.2) is 5.13 Å². The summed E-state index contributed by atoms with van der Waals surface area (Å²) in [4.78, 5) is 4.43. The van der Waals surface area contributed by atoms with Gasteiger partial charge in [-0.25, -0.2) is 9.37 Å². The molecule has 2 aromatic rings. The first kappa shape index (κ1) is 10.7. The SMILES string of the molecule is Nc1ncc(-c2c(F)cc(Cl)cc2Cl)s1. The highest BCUT2D eigenvalue weighted by molar-refractivity contribution is 7.18. The van der Waals surface area contributed by atoms with Crippen molar-refractivity contribution >= 4 is 39.7 Å². The van der Waals surface area contributed by atoms with Gasteiger partial charge in [-0.05, 0) is 12.1 Å². The fraction of sp³-hybridized carbons (Fsp3) is 0. The van der Waals surface area contributed by atoms with Gasteiger partial charge in [-0.3, -0.25) is 0 Å². The highest BCUT2D eigenvalue weighted by atomic mass is 35.5. The quantitative estimate of drug-likeness (QED) is 0.848. The Balaban J connectivity index is 2.62. The van der Waals surface area contributed by atoms with Crippen LogP contribution in [0.5, 0.6) is 0 Å². The van der Waals surface area contributed by atoms with Crippen molar-refractivity contribution in [3.05, 3.63) is 34.2 Å². The highest BCUT2D eigenvalue weighted by Crippen LogP contribution is 2.36. The van der Waals surface area contributed by atoms with E-state index in [2.05, 4.69) is 4.98 Å². The molecule has 0 atom stereocenters. The van der Waals surface area contributed by atoms with Gasteiger partial charge in [0.1, 0.15) is 5.82 Å². The largest absolute Gasteiger partial charge is 0.375 e. The summed E-state index contributed by atoms with van der Waals surface area (Å²) in [6.45, 7) is 0. The van der Waals surface area contributed by atoms with E-state index >= 15 is 0 Å². The lowest BCUT2D eigenvalue weighted by Crippen LogP contribution is -1.83. The van der Waals surface area contributed by atoms with Gasteiger partial charge in [-0.2, -0.15) is 0 Å². The molecule has 2 nitrogen and oxygen atoms in total. The normalized spacial score (nSPS) is 10.6. The number of halogens is 3. The Kier molecular flexibility index (Phi) is 2.82. The van der Waals surface area contributed by atoms with Crippen molar-refractivity contribution in [1.29, 1.82) is 0 Å². The van der Waals surface area contributed by atoms with E-state index in [9.17, 15) is 4.39 Å². The smallest absolute Gasteiger partial charge is 0.180 e. The van der Waals surface area contributed by atoms with Crippen LogP contribution >= 0.6 is 34.5 Å². The molecule has 0 aliphatic heterocycles. The van der Waals surface area contributed by atoms with E-state index in [-0.39, 0.29) is 15.6 Å². The van der Waals surface area contributed by atoms with Crippen molar-refractivity contribution in [2.75, 3.05) is 5.73 Å². The molecule has 0 saturated heterocycles. The monoisotopic (exact) mass is 262 g/mol. The van der Waals surface area contributed by atoms with Crippen LogP contribution in [0.15, 0.2) is 18.3 Å². The number of hydrogen-bond donors (Lipinski definition) is 1. The second-order valence-electron chi connectivity index (χ2n) is 2.81. The molecule has 0 spiro atoms. The number of thiazole rings is 1. The second-order valence-corrected chi connectivity index (χ2v) is 4.71. The number of hydrogen-bond acceptors (Lipinski definition) is 3. The summed E-state index contributed by atoms with van der Waals surface area (Å²) in [6.07, 6.45) is 1.48. The molecule has 1 aromatic heterocycles. The molecule has 0 aliphatic rings. The first-order valence-electron chi connectivity index (χ1n) is 3.94. The Bertz CT molecular complexity index is 490. The first-order valence-corrected chi connectivity index (χ1v) is 5.51. The van der Waals surface area contributed by atoms with Gasteiger partial charge in [0.25, 0.3) is 0 Å². The van der Waals surface area contributed by atoms with Gasteiger partial charge < -0.3 is 5.73 Å². The number of benzene rings is 1. The summed E-state index contributed by atoms with van der Waals surface area (Å²) in [5.74, 6) is -0.476. The maximum Gasteiger partial charge on any atom is 0.180 e. The summed E-state index contributed by atoms with van der Waals surface area (Å²) in [5.41, 5.74) is 5.75. The molecule has 2 rings (SSSR count). The lowest BCUT2D eigenvalue weighted by atomic mass is 10.2. The fourth-order valence-corrected chi connectivity index (χ4v) is 2.55. The summed E-state index contributed by atoms with van der Waals surface area (Å²) >= 11 is 12.7. The number of nitrogens with zero attached hydrogens (tertiary/aromatic N) is 1. The Hall–Kier alpha value is -0.840. The van der Waals surface area contributed by atoms with Gasteiger partial charge in [0, 0.05) is 16.8 Å². The molecule has 0 aliphatic carbocycles. The molecule has 0 radical (unpaired) electrons. The molecule has 15 heavy (non-hydrogen) atoms. The maximum absolute atomic E-state index is 13.6. The third-order valence-corrected chi connectivity index (χ3v) is 3.14. The van der Waals surface area contributed by atoms with Crippen molar-refractivity contribution in [3.63, 3.8) is 0 Å². The van der Waals surface area contributed by atoms with Crippen molar-refractivity contribution in [1.82, 2.24) is 4.98 Å². The summed E-state index contributed by atoms with van der Waals surface area (Å²) in [5, 5.41) is 0.887. The number of anilines is 1. The van der Waals surface area contributed by atoms with E-state index in [4.69, 9.17) is 28.9 Å². The van der Waals surface area contributed by atoms with Crippen LogP contribution in [0.4, 0.5) is 9.52 Å². The Morgan fingerprint density at radius 3 is 2.60 bits per heavy atom. The van der Waals surface area contributed by atoms with Crippen LogP contribution in [0.2, 0.25) is 10.0 Å². The molecule has 0 amide bonds.